The van der Waals surface area contributed by atoms with Gasteiger partial charge in [-0.05, 0) is 56.5 Å². The minimum Gasteiger partial charge on any atom is -0.380 e. The van der Waals surface area contributed by atoms with Crippen LogP contribution in [0, 0.1) is 19.3 Å². The van der Waals surface area contributed by atoms with E-state index in [9.17, 15) is 22.8 Å². The van der Waals surface area contributed by atoms with Crippen molar-refractivity contribution in [3.05, 3.63) is 82.9 Å². The van der Waals surface area contributed by atoms with E-state index in [4.69, 9.17) is 4.74 Å². The topological polar surface area (TPSA) is 93.2 Å². The maximum atomic E-state index is 13.3. The molecule has 2 N–H and O–H groups in total. The number of aromatic nitrogens is 2. The van der Waals surface area contributed by atoms with Gasteiger partial charge in [0, 0.05) is 31.5 Å². The maximum absolute atomic E-state index is 13.3. The molecule has 0 unspecified atom stereocenters. The lowest BCUT2D eigenvalue weighted by Crippen LogP contribution is -2.41. The zero-order valence-corrected chi connectivity index (χ0v) is 21.2. The van der Waals surface area contributed by atoms with Gasteiger partial charge in [-0.1, -0.05) is 24.3 Å². The van der Waals surface area contributed by atoms with Crippen molar-refractivity contribution in [2.45, 2.75) is 45.8 Å². The standard InChI is InChI=1S/C28H29F3N4O3/c1-18-22(16-32-19(2)34-18)25(36)11-12-27(13-14-38-17-27)26(37)33-15-20-7-9-21(10-8-20)35-24-6-4-3-5-23(24)28(29,30)31/h3-10,16,35H,11-15,17H2,1-2H3,(H,33,37)/t27-/m1/s1. The van der Waals surface area contributed by atoms with Gasteiger partial charge in [0.1, 0.15) is 5.82 Å². The number of benzene rings is 2. The Morgan fingerprint density at radius 3 is 2.47 bits per heavy atom. The van der Waals surface area contributed by atoms with Crippen molar-refractivity contribution in [1.82, 2.24) is 15.3 Å². The summed E-state index contributed by atoms with van der Waals surface area (Å²) in [6.07, 6.45) is -1.92. The lowest BCUT2D eigenvalue weighted by molar-refractivity contribution is -0.137. The molecule has 4 rings (SSSR count). The van der Waals surface area contributed by atoms with Crippen molar-refractivity contribution in [2.24, 2.45) is 5.41 Å². The van der Waals surface area contributed by atoms with Gasteiger partial charge in [0.2, 0.25) is 5.91 Å². The number of Topliss-reactive ketones (excluding diaryl/α,β-unsaturated/α-hetero) is 1. The highest BCUT2D eigenvalue weighted by Crippen LogP contribution is 2.36. The zero-order valence-electron chi connectivity index (χ0n) is 21.2. The molecule has 38 heavy (non-hydrogen) atoms. The van der Waals surface area contributed by atoms with E-state index in [0.717, 1.165) is 11.6 Å². The molecule has 1 fully saturated rings. The fourth-order valence-corrected chi connectivity index (χ4v) is 4.51. The second kappa shape index (κ2) is 11.3. The van der Waals surface area contributed by atoms with Crippen LogP contribution in [0.15, 0.2) is 54.7 Å². The molecule has 0 radical (unpaired) electrons. The zero-order chi connectivity index (χ0) is 27.3. The van der Waals surface area contributed by atoms with E-state index in [-0.39, 0.29) is 37.0 Å². The number of rotatable bonds is 9. The third kappa shape index (κ3) is 6.36. The lowest BCUT2D eigenvalue weighted by atomic mass is 9.80. The molecule has 1 aliphatic heterocycles. The summed E-state index contributed by atoms with van der Waals surface area (Å²) in [4.78, 5) is 34.3. The number of hydrogen-bond acceptors (Lipinski definition) is 6. The largest absolute Gasteiger partial charge is 0.418 e. The van der Waals surface area contributed by atoms with Crippen LogP contribution in [-0.2, 0) is 22.3 Å². The summed E-state index contributed by atoms with van der Waals surface area (Å²) in [5.74, 6) is 0.284. The number of anilines is 2. The van der Waals surface area contributed by atoms with E-state index in [1.54, 1.807) is 38.1 Å². The number of alkyl halides is 3. The van der Waals surface area contributed by atoms with Crippen LogP contribution in [0.4, 0.5) is 24.5 Å². The maximum Gasteiger partial charge on any atom is 0.418 e. The van der Waals surface area contributed by atoms with Crippen molar-refractivity contribution in [2.75, 3.05) is 18.5 Å². The molecule has 1 saturated heterocycles. The number of ketones is 1. The molecule has 1 amide bonds. The van der Waals surface area contributed by atoms with Gasteiger partial charge in [0.05, 0.1) is 34.5 Å². The highest BCUT2D eigenvalue weighted by molar-refractivity contribution is 5.97. The Hall–Kier alpha value is -3.79. The minimum atomic E-state index is -4.47. The quantitative estimate of drug-likeness (QED) is 0.356. The Morgan fingerprint density at radius 1 is 1.08 bits per heavy atom. The smallest absolute Gasteiger partial charge is 0.380 e. The second-order valence-corrected chi connectivity index (χ2v) is 9.47. The third-order valence-corrected chi connectivity index (χ3v) is 6.73. The number of aryl methyl sites for hydroxylation is 2. The molecule has 0 saturated carbocycles. The monoisotopic (exact) mass is 526 g/mol. The Labute approximate surface area is 218 Å². The van der Waals surface area contributed by atoms with E-state index < -0.39 is 17.2 Å². The predicted octanol–water partition coefficient (Wildman–Crippen LogP) is 5.54. The number of carbonyl (C=O) groups is 2. The fourth-order valence-electron chi connectivity index (χ4n) is 4.51. The average molecular weight is 527 g/mol. The molecule has 200 valence electrons. The summed E-state index contributed by atoms with van der Waals surface area (Å²) >= 11 is 0. The number of hydrogen-bond donors (Lipinski definition) is 2. The van der Waals surface area contributed by atoms with Crippen molar-refractivity contribution < 1.29 is 27.5 Å². The van der Waals surface area contributed by atoms with E-state index >= 15 is 0 Å². The molecule has 1 atom stereocenters. The molecular formula is C28H29F3N4O3. The summed E-state index contributed by atoms with van der Waals surface area (Å²) in [6, 6.07) is 12.1. The lowest BCUT2D eigenvalue weighted by Gasteiger charge is -2.26. The van der Waals surface area contributed by atoms with E-state index in [2.05, 4.69) is 20.6 Å². The number of ether oxygens (including phenoxy) is 1. The van der Waals surface area contributed by atoms with Gasteiger partial charge in [0.15, 0.2) is 5.78 Å². The number of para-hydroxylation sites is 1. The molecule has 2 aromatic carbocycles. The SMILES string of the molecule is Cc1ncc(C(=O)CC[C@@]2(C(=O)NCc3ccc(Nc4ccccc4C(F)(F)F)cc3)CCOC2)c(C)n1. The summed E-state index contributed by atoms with van der Waals surface area (Å²) in [5, 5.41) is 5.74. The average Bonchev–Trinajstić information content (AvgIpc) is 3.37. The fraction of sp³-hybridized carbons (Fsp3) is 0.357. The van der Waals surface area contributed by atoms with Gasteiger partial charge in [-0.3, -0.25) is 9.59 Å². The minimum absolute atomic E-state index is 0.0360. The Morgan fingerprint density at radius 2 is 1.82 bits per heavy atom. The summed E-state index contributed by atoms with van der Waals surface area (Å²) in [6.45, 7) is 4.43. The number of carbonyl (C=O) groups excluding carboxylic acids is 2. The van der Waals surface area contributed by atoms with Crippen molar-refractivity contribution in [1.29, 1.82) is 0 Å². The molecular weight excluding hydrogens is 497 g/mol. The number of halogens is 3. The molecule has 1 aliphatic rings. The highest BCUT2D eigenvalue weighted by atomic mass is 19.4. The predicted molar refractivity (Wildman–Crippen MR) is 136 cm³/mol. The molecule has 2 heterocycles. The third-order valence-electron chi connectivity index (χ3n) is 6.73. The molecule has 10 heteroatoms. The van der Waals surface area contributed by atoms with Crippen LogP contribution < -0.4 is 10.6 Å². The summed E-state index contributed by atoms with van der Waals surface area (Å²) in [5.41, 5.74) is 0.755. The number of nitrogens with zero attached hydrogens (tertiary/aromatic N) is 2. The number of nitrogens with one attached hydrogen (secondary N) is 2. The summed E-state index contributed by atoms with van der Waals surface area (Å²) in [7, 11) is 0. The van der Waals surface area contributed by atoms with Gasteiger partial charge < -0.3 is 15.4 Å². The van der Waals surface area contributed by atoms with E-state index in [1.165, 1.54) is 24.4 Å². The molecule has 3 aromatic rings. The van der Waals surface area contributed by atoms with Crippen LogP contribution in [-0.4, -0.2) is 34.9 Å². The van der Waals surface area contributed by atoms with Gasteiger partial charge in [-0.15, -0.1) is 0 Å². The number of amides is 1. The molecule has 0 spiro atoms. The van der Waals surface area contributed by atoms with Gasteiger partial charge in [-0.2, -0.15) is 13.2 Å². The first-order valence-corrected chi connectivity index (χ1v) is 12.3. The Bertz CT molecular complexity index is 1300. The van der Waals surface area contributed by atoms with Crippen LogP contribution in [0.3, 0.4) is 0 Å². The van der Waals surface area contributed by atoms with Crippen LogP contribution in [0.2, 0.25) is 0 Å². The van der Waals surface area contributed by atoms with Crippen LogP contribution in [0.25, 0.3) is 0 Å². The normalized spacial score (nSPS) is 17.3. The first kappa shape index (κ1) is 27.3. The second-order valence-electron chi connectivity index (χ2n) is 9.47. The Kier molecular flexibility index (Phi) is 8.11. The van der Waals surface area contributed by atoms with Gasteiger partial charge in [-0.25, -0.2) is 9.97 Å². The van der Waals surface area contributed by atoms with Crippen molar-refractivity contribution in [3.8, 4) is 0 Å². The van der Waals surface area contributed by atoms with Crippen LogP contribution >= 0.6 is 0 Å². The van der Waals surface area contributed by atoms with E-state index in [0.29, 0.717) is 42.2 Å². The Balaban J connectivity index is 1.36. The van der Waals surface area contributed by atoms with Crippen molar-refractivity contribution >= 4 is 23.1 Å². The van der Waals surface area contributed by atoms with Crippen LogP contribution in [0.5, 0.6) is 0 Å². The van der Waals surface area contributed by atoms with Gasteiger partial charge >= 0.3 is 6.18 Å². The highest BCUT2D eigenvalue weighted by Gasteiger charge is 2.42. The van der Waals surface area contributed by atoms with Crippen molar-refractivity contribution in [3.63, 3.8) is 0 Å². The van der Waals surface area contributed by atoms with Crippen LogP contribution in [0.1, 0.15) is 52.3 Å². The molecule has 1 aromatic heterocycles. The molecule has 0 aliphatic carbocycles. The molecule has 7 nitrogen and oxygen atoms in total. The summed E-state index contributed by atoms with van der Waals surface area (Å²) < 4.78 is 45.3. The first-order chi connectivity index (χ1) is 18.1. The van der Waals surface area contributed by atoms with Gasteiger partial charge in [0.25, 0.3) is 0 Å². The van der Waals surface area contributed by atoms with E-state index in [1.807, 2.05) is 0 Å². The first-order valence-electron chi connectivity index (χ1n) is 12.3. The molecule has 0 bridgehead atoms.